The second-order valence-electron chi connectivity index (χ2n) is 4.67. The highest BCUT2D eigenvalue weighted by Crippen LogP contribution is 2.69. The molecular weight excluding hydrogens is 122 g/mol. The third kappa shape index (κ3) is 0.430. The van der Waals surface area contributed by atoms with Gasteiger partial charge in [0.05, 0.1) is 0 Å². The van der Waals surface area contributed by atoms with Crippen molar-refractivity contribution in [3.05, 3.63) is 0 Å². The quantitative estimate of drug-likeness (QED) is 0.538. The van der Waals surface area contributed by atoms with E-state index in [1.807, 2.05) is 0 Å². The Bertz CT molecular complexity index is 174. The minimum Gasteiger partial charge on any atom is -0.328 e. The van der Waals surface area contributed by atoms with Gasteiger partial charge in [-0.3, -0.25) is 0 Å². The topological polar surface area (TPSA) is 26.0 Å². The van der Waals surface area contributed by atoms with Gasteiger partial charge in [-0.15, -0.1) is 0 Å². The second-order valence-corrected chi connectivity index (χ2v) is 4.67. The van der Waals surface area contributed by atoms with Crippen molar-refractivity contribution in [2.24, 2.45) is 23.0 Å². The molecule has 1 nitrogen and oxygen atoms in total. The van der Waals surface area contributed by atoms with Crippen LogP contribution in [0.25, 0.3) is 0 Å². The van der Waals surface area contributed by atoms with Gasteiger partial charge in [-0.05, 0) is 49.4 Å². The minimum absolute atomic E-state index is 0.565. The van der Waals surface area contributed by atoms with Crippen molar-refractivity contribution in [3.8, 4) is 0 Å². The summed E-state index contributed by atoms with van der Waals surface area (Å²) in [6.07, 6.45) is 7.28. The molecule has 0 aromatic heterocycles. The molecule has 4 rings (SSSR count). The lowest BCUT2D eigenvalue weighted by atomic mass is 9.62. The minimum atomic E-state index is 0.565. The smallest absolute Gasteiger partial charge is 0.00471 e. The molecule has 0 aliphatic heterocycles. The fourth-order valence-corrected chi connectivity index (χ4v) is 3.93. The number of rotatable bonds is 0. The van der Waals surface area contributed by atoms with Crippen LogP contribution in [0.3, 0.4) is 0 Å². The lowest BCUT2D eigenvalue weighted by Gasteiger charge is -2.42. The third-order valence-corrected chi connectivity index (χ3v) is 4.26. The summed E-state index contributed by atoms with van der Waals surface area (Å²) in [5, 5.41) is 0. The Morgan fingerprint density at radius 2 is 2.20 bits per heavy atom. The molecule has 0 saturated heterocycles. The van der Waals surface area contributed by atoms with Gasteiger partial charge in [0.25, 0.3) is 0 Å². The maximum atomic E-state index is 5.94. The molecule has 0 radical (unpaired) electrons. The van der Waals surface area contributed by atoms with Gasteiger partial charge < -0.3 is 5.73 Å². The van der Waals surface area contributed by atoms with E-state index in [2.05, 4.69) is 0 Å². The van der Waals surface area contributed by atoms with Crippen molar-refractivity contribution in [3.63, 3.8) is 0 Å². The van der Waals surface area contributed by atoms with Crippen LogP contribution in [0.1, 0.15) is 32.1 Å². The number of fused-ring (bicyclic) bond motifs is 1. The van der Waals surface area contributed by atoms with Gasteiger partial charge in [-0.2, -0.15) is 0 Å². The third-order valence-electron chi connectivity index (χ3n) is 4.26. The van der Waals surface area contributed by atoms with Crippen LogP contribution in [0, 0.1) is 17.3 Å². The van der Waals surface area contributed by atoms with Gasteiger partial charge >= 0.3 is 0 Å². The van der Waals surface area contributed by atoms with Crippen LogP contribution in [-0.2, 0) is 0 Å². The molecule has 1 heteroatoms. The molecule has 56 valence electrons. The Balaban J connectivity index is 1.94. The zero-order valence-corrected chi connectivity index (χ0v) is 6.34. The Labute approximate surface area is 62.0 Å². The first-order valence-electron chi connectivity index (χ1n) is 4.56. The maximum Gasteiger partial charge on any atom is 0.00471 e. The van der Waals surface area contributed by atoms with Gasteiger partial charge in [0, 0.05) is 6.04 Å². The predicted octanol–water partition coefficient (Wildman–Crippen LogP) is 1.52. The normalized spacial score (nSPS) is 63.9. The molecule has 0 heterocycles. The van der Waals surface area contributed by atoms with E-state index in [0.29, 0.717) is 6.04 Å². The Hall–Kier alpha value is -0.0400. The number of hydrogen-bond donors (Lipinski definition) is 1. The van der Waals surface area contributed by atoms with Crippen molar-refractivity contribution < 1.29 is 0 Å². The number of nitrogens with two attached hydrogens (primary N) is 1. The summed E-state index contributed by atoms with van der Waals surface area (Å²) in [5.41, 5.74) is 6.73. The van der Waals surface area contributed by atoms with Gasteiger partial charge in [0.1, 0.15) is 0 Å². The van der Waals surface area contributed by atoms with Gasteiger partial charge in [0.15, 0.2) is 0 Å². The van der Waals surface area contributed by atoms with Crippen LogP contribution in [0.2, 0.25) is 0 Å². The van der Waals surface area contributed by atoms with E-state index in [0.717, 1.165) is 17.3 Å². The molecule has 4 atom stereocenters. The van der Waals surface area contributed by atoms with Crippen LogP contribution in [0.15, 0.2) is 0 Å². The highest BCUT2D eigenvalue weighted by atomic mass is 14.8. The van der Waals surface area contributed by atoms with Crippen molar-refractivity contribution in [2.45, 2.75) is 38.1 Å². The van der Waals surface area contributed by atoms with E-state index >= 15 is 0 Å². The SMILES string of the molecule is NC1CC2C3CCC2(C1)C3. The predicted molar refractivity (Wildman–Crippen MR) is 40.5 cm³/mol. The highest BCUT2D eigenvalue weighted by molar-refractivity contribution is 5.13. The van der Waals surface area contributed by atoms with E-state index in [-0.39, 0.29) is 0 Å². The Morgan fingerprint density at radius 3 is 2.90 bits per heavy atom. The van der Waals surface area contributed by atoms with Gasteiger partial charge in [0.2, 0.25) is 0 Å². The van der Waals surface area contributed by atoms with Crippen LogP contribution in [-0.4, -0.2) is 6.04 Å². The van der Waals surface area contributed by atoms with E-state index in [1.165, 1.54) is 32.1 Å². The molecule has 0 aromatic rings. The van der Waals surface area contributed by atoms with Crippen molar-refractivity contribution in [2.75, 3.05) is 0 Å². The molecule has 4 unspecified atom stereocenters. The molecule has 0 amide bonds. The second kappa shape index (κ2) is 1.42. The lowest BCUT2D eigenvalue weighted by molar-refractivity contribution is 0.0667. The van der Waals surface area contributed by atoms with Crippen LogP contribution in [0.5, 0.6) is 0 Å². The Kier molecular flexibility index (Phi) is 0.797. The molecule has 4 saturated carbocycles. The average molecular weight is 137 g/mol. The van der Waals surface area contributed by atoms with Crippen LogP contribution >= 0.6 is 0 Å². The van der Waals surface area contributed by atoms with E-state index in [9.17, 15) is 0 Å². The highest BCUT2D eigenvalue weighted by Gasteiger charge is 2.62. The molecular formula is C9H15N. The summed E-state index contributed by atoms with van der Waals surface area (Å²) in [4.78, 5) is 0. The summed E-state index contributed by atoms with van der Waals surface area (Å²) in [6.45, 7) is 0. The van der Waals surface area contributed by atoms with Gasteiger partial charge in [-0.25, -0.2) is 0 Å². The van der Waals surface area contributed by atoms with Crippen LogP contribution in [0.4, 0.5) is 0 Å². The monoisotopic (exact) mass is 137 g/mol. The van der Waals surface area contributed by atoms with E-state index < -0.39 is 0 Å². The molecule has 1 spiro atoms. The lowest BCUT2D eigenvalue weighted by Crippen LogP contribution is -2.35. The average Bonchev–Trinajstić information content (AvgIpc) is 2.42. The molecule has 4 aliphatic carbocycles. The van der Waals surface area contributed by atoms with Crippen molar-refractivity contribution in [1.29, 1.82) is 0 Å². The molecule has 2 N–H and O–H groups in total. The van der Waals surface area contributed by atoms with E-state index in [1.54, 1.807) is 0 Å². The fraction of sp³-hybridized carbons (Fsp3) is 1.00. The summed E-state index contributed by atoms with van der Waals surface area (Å²) in [6, 6.07) is 0.565. The zero-order valence-electron chi connectivity index (χ0n) is 6.34. The molecule has 10 heavy (non-hydrogen) atoms. The fourth-order valence-electron chi connectivity index (χ4n) is 3.93. The summed E-state index contributed by atoms with van der Waals surface area (Å²) in [7, 11) is 0. The zero-order chi connectivity index (χ0) is 6.77. The molecule has 4 fully saturated rings. The van der Waals surface area contributed by atoms with Crippen LogP contribution < -0.4 is 5.73 Å². The van der Waals surface area contributed by atoms with Crippen molar-refractivity contribution >= 4 is 0 Å². The first kappa shape index (κ1) is 5.59. The standard InChI is InChI=1S/C9H15N/c10-7-3-8-6-1-2-9(8,4-6)5-7/h6-8H,1-5,10H2. The van der Waals surface area contributed by atoms with Crippen molar-refractivity contribution in [1.82, 2.24) is 0 Å². The summed E-state index contributed by atoms with van der Waals surface area (Å²) >= 11 is 0. The largest absolute Gasteiger partial charge is 0.328 e. The molecule has 0 aromatic carbocycles. The molecule has 4 aliphatic rings. The van der Waals surface area contributed by atoms with Gasteiger partial charge in [-0.1, -0.05) is 0 Å². The first-order chi connectivity index (χ1) is 4.80. The van der Waals surface area contributed by atoms with E-state index in [4.69, 9.17) is 5.73 Å². The maximum absolute atomic E-state index is 5.94. The summed E-state index contributed by atoms with van der Waals surface area (Å²) in [5.74, 6) is 2.18. The summed E-state index contributed by atoms with van der Waals surface area (Å²) < 4.78 is 0. The first-order valence-corrected chi connectivity index (χ1v) is 4.56. The Morgan fingerprint density at radius 1 is 1.30 bits per heavy atom. The molecule has 2 bridgehead atoms. The number of hydrogen-bond acceptors (Lipinski definition) is 1.